The van der Waals surface area contributed by atoms with Crippen LogP contribution in [0.3, 0.4) is 0 Å². The zero-order valence-corrected chi connectivity index (χ0v) is 17.1. The van der Waals surface area contributed by atoms with E-state index in [9.17, 15) is 4.79 Å². The molecule has 1 saturated carbocycles. The van der Waals surface area contributed by atoms with Crippen molar-refractivity contribution >= 4 is 5.91 Å². The molecule has 3 heterocycles. The number of aromatic nitrogens is 3. The first kappa shape index (κ1) is 19.1. The third-order valence-electron chi connectivity index (χ3n) is 6.57. The van der Waals surface area contributed by atoms with Crippen LogP contribution in [-0.2, 0) is 11.2 Å². The van der Waals surface area contributed by atoms with Gasteiger partial charge in [-0.2, -0.15) is 0 Å². The van der Waals surface area contributed by atoms with Crippen LogP contribution >= 0.6 is 0 Å². The maximum atomic E-state index is 12.7. The highest BCUT2D eigenvalue weighted by Gasteiger charge is 2.44. The van der Waals surface area contributed by atoms with Crippen molar-refractivity contribution in [2.45, 2.75) is 31.4 Å². The number of hydrogen-bond donors (Lipinski definition) is 0. The third kappa shape index (κ3) is 3.65. The summed E-state index contributed by atoms with van der Waals surface area (Å²) >= 11 is 0. The summed E-state index contributed by atoms with van der Waals surface area (Å²) in [5.41, 5.74) is 2.80. The van der Waals surface area contributed by atoms with Crippen molar-refractivity contribution in [2.24, 2.45) is 11.8 Å². The number of furan rings is 1. The number of nitrogens with zero attached hydrogens (tertiary/aromatic N) is 4. The number of hydrogen-bond acceptors (Lipinski definition) is 5. The van der Waals surface area contributed by atoms with Crippen molar-refractivity contribution in [1.29, 1.82) is 0 Å². The smallest absolute Gasteiger partial charge is 0.257 e. The Morgan fingerprint density at radius 2 is 1.97 bits per heavy atom. The summed E-state index contributed by atoms with van der Waals surface area (Å²) in [5.74, 6) is 0.947. The third-order valence-corrected chi connectivity index (χ3v) is 6.57. The van der Waals surface area contributed by atoms with Gasteiger partial charge in [0.05, 0.1) is 29.7 Å². The Kier molecular flexibility index (Phi) is 5.12. The van der Waals surface area contributed by atoms with Gasteiger partial charge in [-0.1, -0.05) is 35.5 Å². The lowest BCUT2D eigenvalue weighted by Gasteiger charge is -2.36. The van der Waals surface area contributed by atoms with E-state index in [-0.39, 0.29) is 18.1 Å². The quantitative estimate of drug-likeness (QED) is 0.651. The fourth-order valence-electron chi connectivity index (χ4n) is 5.02. The molecule has 2 aliphatic rings. The fourth-order valence-corrected chi connectivity index (χ4v) is 5.02. The molecule has 7 nitrogen and oxygen atoms in total. The molecule has 0 radical (unpaired) electrons. The van der Waals surface area contributed by atoms with Crippen molar-refractivity contribution in [3.8, 4) is 0 Å². The molecule has 0 unspecified atom stereocenters. The summed E-state index contributed by atoms with van der Waals surface area (Å²) in [6.45, 7) is 1.55. The molecular formula is C23H26N4O3. The number of carbonyl (C=O) groups is 1. The Labute approximate surface area is 175 Å². The highest BCUT2D eigenvalue weighted by Crippen LogP contribution is 2.42. The number of benzene rings is 1. The first-order chi connectivity index (χ1) is 14.7. The number of rotatable bonds is 5. The monoisotopic (exact) mass is 406 g/mol. The standard InChI is InChI=1S/C23H26N4O3/c1-29-22-11-19-13-26(23(28)17-7-8-30-15-17)12-18(19)10-21(22)27-14-20(24-25-27)9-16-5-3-2-4-6-16/h2-8,14-15,18-19,21-22H,9-13H2,1H3/t18-,19+,21-,22-/m1/s1. The molecule has 4 atom stereocenters. The van der Waals surface area contributed by atoms with E-state index in [1.807, 2.05) is 34.0 Å². The molecule has 1 aliphatic carbocycles. The SMILES string of the molecule is CO[C@@H]1C[C@H]2CN(C(=O)c3ccoc3)C[C@H]2C[C@H]1n1cc(Cc2ccccc2)nn1. The Hall–Kier alpha value is -2.93. The van der Waals surface area contributed by atoms with E-state index in [2.05, 4.69) is 22.4 Å². The maximum Gasteiger partial charge on any atom is 0.257 e. The number of amides is 1. The first-order valence-corrected chi connectivity index (χ1v) is 10.5. The van der Waals surface area contributed by atoms with Crippen LogP contribution in [0, 0.1) is 11.8 Å². The molecule has 0 spiro atoms. The van der Waals surface area contributed by atoms with Crippen molar-refractivity contribution in [2.75, 3.05) is 20.2 Å². The molecule has 2 aromatic heterocycles. The van der Waals surface area contributed by atoms with Gasteiger partial charge in [0, 0.05) is 32.8 Å². The molecule has 2 fully saturated rings. The zero-order valence-electron chi connectivity index (χ0n) is 17.1. The summed E-state index contributed by atoms with van der Waals surface area (Å²) in [5, 5.41) is 8.84. The molecule has 0 bridgehead atoms. The topological polar surface area (TPSA) is 73.4 Å². The molecule has 156 valence electrons. The van der Waals surface area contributed by atoms with Crippen LogP contribution in [0.15, 0.2) is 59.5 Å². The summed E-state index contributed by atoms with van der Waals surface area (Å²) in [6.07, 6.45) is 7.82. The van der Waals surface area contributed by atoms with E-state index in [0.717, 1.165) is 38.0 Å². The molecule has 7 heteroatoms. The van der Waals surface area contributed by atoms with Crippen LogP contribution < -0.4 is 0 Å². The molecular weight excluding hydrogens is 380 g/mol. The van der Waals surface area contributed by atoms with Gasteiger partial charge < -0.3 is 14.1 Å². The van der Waals surface area contributed by atoms with Gasteiger partial charge in [0.1, 0.15) is 6.26 Å². The lowest BCUT2D eigenvalue weighted by atomic mass is 9.77. The number of carbonyl (C=O) groups excluding carboxylic acids is 1. The van der Waals surface area contributed by atoms with Gasteiger partial charge in [0.2, 0.25) is 0 Å². The summed E-state index contributed by atoms with van der Waals surface area (Å²) in [7, 11) is 1.77. The first-order valence-electron chi connectivity index (χ1n) is 10.5. The second kappa shape index (κ2) is 8.07. The average Bonchev–Trinajstić information content (AvgIpc) is 3.53. The fraction of sp³-hybridized carbons (Fsp3) is 0.435. The number of methoxy groups -OCH3 is 1. The van der Waals surface area contributed by atoms with Crippen molar-refractivity contribution in [3.63, 3.8) is 0 Å². The number of fused-ring (bicyclic) bond motifs is 1. The van der Waals surface area contributed by atoms with E-state index in [1.165, 1.54) is 11.8 Å². The second-order valence-electron chi connectivity index (χ2n) is 8.41. The van der Waals surface area contributed by atoms with Gasteiger partial charge in [-0.3, -0.25) is 4.79 Å². The molecule has 0 N–H and O–H groups in total. The van der Waals surface area contributed by atoms with Crippen molar-refractivity contribution in [3.05, 3.63) is 71.9 Å². The summed E-state index contributed by atoms with van der Waals surface area (Å²) in [6, 6.07) is 12.2. The van der Waals surface area contributed by atoms with E-state index in [4.69, 9.17) is 9.15 Å². The molecule has 5 rings (SSSR count). The van der Waals surface area contributed by atoms with E-state index in [1.54, 1.807) is 19.4 Å². The minimum atomic E-state index is 0.0505. The van der Waals surface area contributed by atoms with E-state index in [0.29, 0.717) is 17.4 Å². The second-order valence-corrected chi connectivity index (χ2v) is 8.41. The molecule has 1 saturated heterocycles. The maximum absolute atomic E-state index is 12.7. The van der Waals surface area contributed by atoms with Crippen LogP contribution in [0.5, 0.6) is 0 Å². The minimum Gasteiger partial charge on any atom is -0.472 e. The van der Waals surface area contributed by atoms with Gasteiger partial charge in [-0.15, -0.1) is 5.10 Å². The molecule has 1 aromatic carbocycles. The van der Waals surface area contributed by atoms with Crippen molar-refractivity contribution < 1.29 is 13.9 Å². The van der Waals surface area contributed by atoms with Gasteiger partial charge in [0.15, 0.2) is 0 Å². The Morgan fingerprint density at radius 1 is 1.17 bits per heavy atom. The predicted molar refractivity (Wildman–Crippen MR) is 110 cm³/mol. The van der Waals surface area contributed by atoms with Gasteiger partial charge in [-0.05, 0) is 36.3 Å². The number of likely N-dealkylation sites (tertiary alicyclic amines) is 1. The highest BCUT2D eigenvalue weighted by atomic mass is 16.5. The van der Waals surface area contributed by atoms with Gasteiger partial charge in [-0.25, -0.2) is 4.68 Å². The lowest BCUT2D eigenvalue weighted by Crippen LogP contribution is -2.37. The molecule has 1 amide bonds. The number of ether oxygens (including phenoxy) is 1. The Balaban J connectivity index is 1.29. The Bertz CT molecular complexity index is 985. The predicted octanol–water partition coefficient (Wildman–Crippen LogP) is 3.20. The molecule has 30 heavy (non-hydrogen) atoms. The van der Waals surface area contributed by atoms with Crippen molar-refractivity contribution in [1.82, 2.24) is 19.9 Å². The lowest BCUT2D eigenvalue weighted by molar-refractivity contribution is -0.00546. The summed E-state index contributed by atoms with van der Waals surface area (Å²) < 4.78 is 12.9. The van der Waals surface area contributed by atoms with Gasteiger partial charge in [0.25, 0.3) is 5.91 Å². The molecule has 3 aromatic rings. The zero-order chi connectivity index (χ0) is 20.5. The minimum absolute atomic E-state index is 0.0505. The normalized spacial score (nSPS) is 26.0. The Morgan fingerprint density at radius 3 is 2.70 bits per heavy atom. The van der Waals surface area contributed by atoms with E-state index >= 15 is 0 Å². The highest BCUT2D eigenvalue weighted by molar-refractivity contribution is 5.94. The van der Waals surface area contributed by atoms with Crippen LogP contribution in [0.1, 0.15) is 40.5 Å². The van der Waals surface area contributed by atoms with Crippen LogP contribution in [0.4, 0.5) is 0 Å². The van der Waals surface area contributed by atoms with Crippen LogP contribution in [0.25, 0.3) is 0 Å². The van der Waals surface area contributed by atoms with Gasteiger partial charge >= 0.3 is 0 Å². The molecule has 1 aliphatic heterocycles. The average molecular weight is 406 g/mol. The van der Waals surface area contributed by atoms with E-state index < -0.39 is 0 Å². The largest absolute Gasteiger partial charge is 0.472 e. The van der Waals surface area contributed by atoms with Crippen LogP contribution in [0.2, 0.25) is 0 Å². The van der Waals surface area contributed by atoms with Crippen LogP contribution in [-0.4, -0.2) is 52.1 Å². The summed E-state index contributed by atoms with van der Waals surface area (Å²) in [4.78, 5) is 14.7.